The summed E-state index contributed by atoms with van der Waals surface area (Å²) in [7, 11) is -4.42. The van der Waals surface area contributed by atoms with Gasteiger partial charge in [0.05, 0.1) is 29.8 Å². The number of ether oxygens (including phenoxy) is 2. The highest BCUT2D eigenvalue weighted by molar-refractivity contribution is 9.11. The van der Waals surface area contributed by atoms with Gasteiger partial charge in [0.2, 0.25) is 0 Å². The van der Waals surface area contributed by atoms with Crippen LogP contribution < -0.4 is 20.9 Å². The van der Waals surface area contributed by atoms with E-state index in [9.17, 15) is 34.2 Å². The van der Waals surface area contributed by atoms with Gasteiger partial charge in [0, 0.05) is 24.8 Å². The van der Waals surface area contributed by atoms with Crippen LogP contribution in [0.3, 0.4) is 0 Å². The molecule has 4 atom stereocenters. The number of nitrogens with one attached hydrogen (secondary N) is 2. The van der Waals surface area contributed by atoms with E-state index < -0.39 is 60.5 Å². The molecule has 0 bridgehead atoms. The van der Waals surface area contributed by atoms with Crippen molar-refractivity contribution in [3.05, 3.63) is 72.0 Å². The van der Waals surface area contributed by atoms with Crippen molar-refractivity contribution in [2.75, 3.05) is 13.2 Å². The van der Waals surface area contributed by atoms with Crippen molar-refractivity contribution in [1.29, 1.82) is 0 Å². The monoisotopic (exact) mass is 672 g/mol. The zero-order valence-corrected chi connectivity index (χ0v) is 25.0. The van der Waals surface area contributed by atoms with Gasteiger partial charge < -0.3 is 19.1 Å². The van der Waals surface area contributed by atoms with Gasteiger partial charge in [-0.05, 0) is 43.0 Å². The van der Waals surface area contributed by atoms with Crippen molar-refractivity contribution < 1.29 is 37.9 Å². The van der Waals surface area contributed by atoms with Crippen LogP contribution >= 0.6 is 23.7 Å². The number of nitro groups is 1. The molecular weight excluding hydrogens is 643 g/mol. The lowest BCUT2D eigenvalue weighted by molar-refractivity contribution is -0.384. The average molecular weight is 673 g/mol. The normalized spacial score (nSPS) is 23.1. The zero-order chi connectivity index (χ0) is 30.5. The molecule has 4 rings (SSSR count). The van der Waals surface area contributed by atoms with Gasteiger partial charge in [-0.1, -0.05) is 28.8 Å². The van der Waals surface area contributed by atoms with Gasteiger partial charge in [-0.3, -0.25) is 33.8 Å². The first-order valence-electron chi connectivity index (χ1n) is 13.1. The van der Waals surface area contributed by atoms with Gasteiger partial charge in [0.1, 0.15) is 23.6 Å². The third-order valence-electron chi connectivity index (χ3n) is 6.91. The second kappa shape index (κ2) is 13.4. The quantitative estimate of drug-likeness (QED) is 0.129. The maximum Gasteiger partial charge on any atom is 0.459 e. The molecule has 228 valence electrons. The maximum absolute atomic E-state index is 14.2. The number of aliphatic hydroxyl groups excluding tert-OH is 1. The number of hydrogen-bond acceptors (Lipinski definition) is 11. The first-order chi connectivity index (χ1) is 20.0. The lowest BCUT2D eigenvalue weighted by atomic mass is 10.00. The molecule has 3 N–H and O–H groups in total. The number of benzene rings is 1. The fourth-order valence-corrected chi connectivity index (χ4v) is 6.86. The Hall–Kier alpha value is -3.14. The van der Waals surface area contributed by atoms with E-state index in [0.29, 0.717) is 25.7 Å². The Bertz CT molecular complexity index is 1490. The van der Waals surface area contributed by atoms with Crippen LogP contribution in [0.5, 0.6) is 5.75 Å². The van der Waals surface area contributed by atoms with Crippen LogP contribution in [0.15, 0.2) is 45.0 Å². The van der Waals surface area contributed by atoms with Crippen LogP contribution in [-0.4, -0.2) is 56.5 Å². The van der Waals surface area contributed by atoms with E-state index in [1.807, 2.05) is 0 Å². The summed E-state index contributed by atoms with van der Waals surface area (Å²) in [5, 5.41) is 24.5. The van der Waals surface area contributed by atoms with E-state index in [1.54, 1.807) is 6.92 Å². The average Bonchev–Trinajstić information content (AvgIpc) is 3.56. The molecule has 1 aliphatic carbocycles. The topological polar surface area (TPSA) is 201 Å². The Morgan fingerprint density at radius 1 is 1.33 bits per heavy atom. The largest absolute Gasteiger partial charge is 0.465 e. The van der Waals surface area contributed by atoms with Crippen LogP contribution in [0, 0.1) is 10.1 Å². The number of carbonyl (C=O) groups is 1. The number of H-pyrrole nitrogens is 1. The minimum atomic E-state index is -4.42. The Labute approximate surface area is 247 Å². The van der Waals surface area contributed by atoms with Crippen LogP contribution in [0.1, 0.15) is 50.8 Å². The van der Waals surface area contributed by atoms with Gasteiger partial charge in [-0.25, -0.2) is 9.36 Å². The highest BCUT2D eigenvalue weighted by Gasteiger charge is 2.49. The summed E-state index contributed by atoms with van der Waals surface area (Å²) < 4.78 is 37.7. The Balaban J connectivity index is 1.56. The van der Waals surface area contributed by atoms with Crippen molar-refractivity contribution in [2.45, 2.75) is 63.0 Å². The number of halogens is 1. The number of hydrogen-bond donors (Lipinski definition) is 3. The van der Waals surface area contributed by atoms with Crippen molar-refractivity contribution in [3.63, 3.8) is 0 Å². The number of aliphatic hydroxyl groups is 1. The number of esters is 1. The number of aromatic amines is 1. The molecule has 1 saturated carbocycles. The van der Waals surface area contributed by atoms with Crippen molar-refractivity contribution in [1.82, 2.24) is 14.6 Å². The zero-order valence-electron chi connectivity index (χ0n) is 22.5. The molecular formula is C25H30BrN4O11P. The third-order valence-corrected chi connectivity index (χ3v) is 8.81. The predicted molar refractivity (Wildman–Crippen MR) is 152 cm³/mol. The molecule has 0 spiro atoms. The molecule has 2 aliphatic rings. The predicted octanol–water partition coefficient (Wildman–Crippen LogP) is 3.13. The Morgan fingerprint density at radius 3 is 2.64 bits per heavy atom. The number of aromatic nitrogens is 2. The highest BCUT2D eigenvalue weighted by Crippen LogP contribution is 2.50. The molecule has 42 heavy (non-hydrogen) atoms. The van der Waals surface area contributed by atoms with Crippen LogP contribution in [0.4, 0.5) is 5.69 Å². The van der Waals surface area contributed by atoms with Crippen molar-refractivity contribution >= 4 is 41.4 Å². The van der Waals surface area contributed by atoms with E-state index in [4.69, 9.17) is 18.5 Å². The Kier molecular flexibility index (Phi) is 10.2. The SMILES string of the molecule is CCOC(=O)C1(NP(=O)(OCC2O[C@@H](n3cc(/C=C/Br)c(=O)[nH]c3=O)C[C@H]2O)Oc2ccc([N+](=O)[O-])cc2)CCCC1. The van der Waals surface area contributed by atoms with E-state index in [1.165, 1.54) is 29.4 Å². The van der Waals surface area contributed by atoms with Gasteiger partial charge in [-0.15, -0.1) is 0 Å². The first-order valence-corrected chi connectivity index (χ1v) is 15.6. The number of carbonyl (C=O) groups excluding carboxylic acids is 1. The van der Waals surface area contributed by atoms with Crippen LogP contribution in [0.25, 0.3) is 6.08 Å². The van der Waals surface area contributed by atoms with Crippen LogP contribution in [-0.2, 0) is 23.4 Å². The second-order valence-electron chi connectivity index (χ2n) is 9.73. The summed E-state index contributed by atoms with van der Waals surface area (Å²) in [6.45, 7) is 1.25. The van der Waals surface area contributed by atoms with Crippen molar-refractivity contribution in [3.8, 4) is 5.75 Å². The molecule has 2 fully saturated rings. The smallest absolute Gasteiger partial charge is 0.459 e. The summed E-state index contributed by atoms with van der Waals surface area (Å²) in [6, 6.07) is 4.79. The van der Waals surface area contributed by atoms with E-state index in [0.717, 1.165) is 16.7 Å². The standard InChI is InChI=1S/C25H30BrN4O11P/c1-2-38-23(33)25(10-3-4-11-25)28-42(37,41-18-7-5-17(6-8-18)30(35)36)39-15-20-19(31)13-21(40-20)29-14-16(9-12-26)22(32)27-24(29)34/h5-9,12,14,19-21,31H,2-4,10-11,13,15H2,1H3,(H,28,37)(H,27,32,34)/b12-9+/t19-,20?,21-,42?/m1/s1. The summed E-state index contributed by atoms with van der Waals surface area (Å²) in [6.07, 6.45) is 1.33. The molecule has 1 aromatic carbocycles. The minimum absolute atomic E-state index is 0.0358. The van der Waals surface area contributed by atoms with Crippen molar-refractivity contribution in [2.24, 2.45) is 0 Å². The molecule has 15 nitrogen and oxygen atoms in total. The molecule has 0 amide bonds. The molecule has 17 heteroatoms. The summed E-state index contributed by atoms with van der Waals surface area (Å²) >= 11 is 3.08. The van der Waals surface area contributed by atoms with Gasteiger partial charge in [0.25, 0.3) is 11.2 Å². The fourth-order valence-electron chi connectivity index (χ4n) is 4.83. The second-order valence-corrected chi connectivity index (χ2v) is 11.9. The van der Waals surface area contributed by atoms with Gasteiger partial charge >= 0.3 is 19.4 Å². The number of non-ortho nitro benzene ring substituents is 1. The van der Waals surface area contributed by atoms with Gasteiger partial charge in [-0.2, -0.15) is 5.09 Å². The van der Waals surface area contributed by atoms with Crippen LogP contribution in [0.2, 0.25) is 0 Å². The summed E-state index contributed by atoms with van der Waals surface area (Å²) in [5.74, 6) is -0.659. The highest BCUT2D eigenvalue weighted by atomic mass is 79.9. The molecule has 2 heterocycles. The molecule has 1 saturated heterocycles. The number of nitrogens with zero attached hydrogens (tertiary/aromatic N) is 2. The van der Waals surface area contributed by atoms with Gasteiger partial charge in [0.15, 0.2) is 0 Å². The lowest BCUT2D eigenvalue weighted by Gasteiger charge is -2.32. The summed E-state index contributed by atoms with van der Waals surface area (Å²) in [4.78, 5) is 51.5. The van der Waals surface area contributed by atoms with E-state index >= 15 is 0 Å². The molecule has 2 unspecified atom stereocenters. The maximum atomic E-state index is 14.2. The lowest BCUT2D eigenvalue weighted by Crippen LogP contribution is -2.50. The third kappa shape index (κ3) is 7.25. The molecule has 0 radical (unpaired) electrons. The van der Waals surface area contributed by atoms with E-state index in [2.05, 4.69) is 26.0 Å². The fraction of sp³-hybridized carbons (Fsp3) is 0.480. The molecule has 1 aliphatic heterocycles. The van der Waals surface area contributed by atoms with E-state index in [-0.39, 0.29) is 30.0 Å². The minimum Gasteiger partial charge on any atom is -0.465 e. The number of nitro benzene ring substituents is 1. The number of rotatable bonds is 12. The summed E-state index contributed by atoms with van der Waals surface area (Å²) in [5.41, 5.74) is -2.78. The first kappa shape index (κ1) is 31.8. The Morgan fingerprint density at radius 2 is 2.02 bits per heavy atom. The molecule has 1 aromatic heterocycles. The molecule has 2 aromatic rings.